The van der Waals surface area contributed by atoms with Gasteiger partial charge >= 0.3 is 0 Å². The predicted molar refractivity (Wildman–Crippen MR) is 63.4 cm³/mol. The van der Waals surface area contributed by atoms with E-state index in [4.69, 9.17) is 5.26 Å². The van der Waals surface area contributed by atoms with Crippen LogP contribution in [0.3, 0.4) is 0 Å². The monoisotopic (exact) mass is 228 g/mol. The first kappa shape index (κ1) is 11.3. The molecular formula is C13H14N3O+. The molecule has 4 nitrogen and oxygen atoms in total. The minimum atomic E-state index is -0.217. The number of hydrazine groups is 1. The fourth-order valence-corrected chi connectivity index (χ4v) is 1.80. The van der Waals surface area contributed by atoms with Crippen molar-refractivity contribution in [2.24, 2.45) is 0 Å². The zero-order valence-electron chi connectivity index (χ0n) is 9.90. The molecule has 2 rings (SSSR count). The smallest absolute Gasteiger partial charge is 0.269 e. The van der Waals surface area contributed by atoms with Gasteiger partial charge < -0.3 is 0 Å². The maximum absolute atomic E-state index is 11.3. The zero-order chi connectivity index (χ0) is 12.5. The summed E-state index contributed by atoms with van der Waals surface area (Å²) in [6, 6.07) is 9.32. The molecule has 1 saturated heterocycles. The van der Waals surface area contributed by atoms with E-state index in [0.29, 0.717) is 12.0 Å². The van der Waals surface area contributed by atoms with E-state index >= 15 is 0 Å². The van der Waals surface area contributed by atoms with Crippen molar-refractivity contribution in [1.82, 2.24) is 5.43 Å². The molecule has 0 bridgehead atoms. The molecular weight excluding hydrogens is 214 g/mol. The van der Waals surface area contributed by atoms with Gasteiger partial charge in [-0.15, -0.1) is 10.1 Å². The highest BCUT2D eigenvalue weighted by Crippen LogP contribution is 2.18. The van der Waals surface area contributed by atoms with Gasteiger partial charge in [0.1, 0.15) is 0 Å². The van der Waals surface area contributed by atoms with Gasteiger partial charge in [-0.05, 0) is 24.3 Å². The average molecular weight is 228 g/mol. The van der Waals surface area contributed by atoms with Crippen LogP contribution in [0.25, 0.3) is 0 Å². The number of nitrogens with zero attached hydrogens (tertiary/aromatic N) is 2. The number of carbonyl (C=O) groups is 1. The second-order valence-corrected chi connectivity index (χ2v) is 4.76. The van der Waals surface area contributed by atoms with Gasteiger partial charge in [0.2, 0.25) is 6.21 Å². The topological polar surface area (TPSA) is 55.9 Å². The molecule has 0 unspecified atom stereocenters. The average Bonchev–Trinajstić information content (AvgIpc) is 2.53. The molecule has 17 heavy (non-hydrogen) atoms. The van der Waals surface area contributed by atoms with Crippen LogP contribution in [0, 0.1) is 11.3 Å². The summed E-state index contributed by atoms with van der Waals surface area (Å²) in [5.74, 6) is 0.0277. The zero-order valence-corrected chi connectivity index (χ0v) is 9.90. The molecule has 0 aliphatic carbocycles. The quantitative estimate of drug-likeness (QED) is 0.734. The molecule has 0 aromatic heterocycles. The second-order valence-electron chi connectivity index (χ2n) is 4.76. The molecule has 1 N–H and O–H groups in total. The SMILES string of the molecule is CC1(C)CC(=O)N/[N+]1=C\c1ccc(C#N)cc1. The van der Waals surface area contributed by atoms with E-state index in [0.717, 1.165) is 5.56 Å². The van der Waals surface area contributed by atoms with E-state index in [-0.39, 0.29) is 11.4 Å². The molecule has 4 heteroatoms. The van der Waals surface area contributed by atoms with Crippen LogP contribution in [-0.2, 0) is 4.79 Å². The van der Waals surface area contributed by atoms with Crippen molar-refractivity contribution in [3.8, 4) is 6.07 Å². The highest BCUT2D eigenvalue weighted by molar-refractivity contribution is 5.80. The highest BCUT2D eigenvalue weighted by atomic mass is 16.2. The van der Waals surface area contributed by atoms with Crippen molar-refractivity contribution in [3.63, 3.8) is 0 Å². The molecule has 1 amide bonds. The van der Waals surface area contributed by atoms with Gasteiger partial charge in [-0.1, -0.05) is 0 Å². The van der Waals surface area contributed by atoms with Crippen LogP contribution in [-0.4, -0.2) is 22.3 Å². The lowest BCUT2D eigenvalue weighted by Crippen LogP contribution is -2.36. The van der Waals surface area contributed by atoms with Gasteiger partial charge in [0.15, 0.2) is 5.54 Å². The summed E-state index contributed by atoms with van der Waals surface area (Å²) in [5.41, 5.74) is 4.17. The summed E-state index contributed by atoms with van der Waals surface area (Å²) < 4.78 is 1.82. The summed E-state index contributed by atoms with van der Waals surface area (Å²) in [6.45, 7) is 4.01. The van der Waals surface area contributed by atoms with Crippen molar-refractivity contribution in [3.05, 3.63) is 35.4 Å². The Kier molecular flexibility index (Phi) is 2.68. The third kappa shape index (κ3) is 2.34. The molecule has 1 fully saturated rings. The maximum atomic E-state index is 11.3. The summed E-state index contributed by atoms with van der Waals surface area (Å²) in [7, 11) is 0. The lowest BCUT2D eigenvalue weighted by atomic mass is 10.0. The second kappa shape index (κ2) is 4.02. The lowest BCUT2D eigenvalue weighted by Gasteiger charge is -2.09. The first-order chi connectivity index (χ1) is 8.01. The number of nitrogens with one attached hydrogen (secondary N) is 1. The van der Waals surface area contributed by atoms with E-state index in [1.54, 1.807) is 12.1 Å². The number of benzene rings is 1. The number of amides is 1. The number of hydrogen-bond acceptors (Lipinski definition) is 2. The Morgan fingerprint density at radius 2 is 2.06 bits per heavy atom. The summed E-state index contributed by atoms with van der Waals surface area (Å²) in [5, 5.41) is 8.70. The molecule has 0 radical (unpaired) electrons. The van der Waals surface area contributed by atoms with Crippen LogP contribution >= 0.6 is 0 Å². The van der Waals surface area contributed by atoms with E-state index in [2.05, 4.69) is 11.5 Å². The molecule has 1 aromatic carbocycles. The van der Waals surface area contributed by atoms with Crippen molar-refractivity contribution >= 4 is 12.1 Å². The third-order valence-corrected chi connectivity index (χ3v) is 2.81. The first-order valence-electron chi connectivity index (χ1n) is 5.45. The number of hydrazone groups is 1. The first-order valence-corrected chi connectivity index (χ1v) is 5.45. The van der Waals surface area contributed by atoms with E-state index < -0.39 is 0 Å². The highest BCUT2D eigenvalue weighted by Gasteiger charge is 2.42. The Balaban J connectivity index is 2.30. The normalized spacial score (nSPS) is 20.1. The van der Waals surface area contributed by atoms with E-state index in [1.807, 2.05) is 36.9 Å². The van der Waals surface area contributed by atoms with Gasteiger partial charge in [-0.2, -0.15) is 5.26 Å². The maximum Gasteiger partial charge on any atom is 0.281 e. The van der Waals surface area contributed by atoms with Crippen molar-refractivity contribution in [2.75, 3.05) is 0 Å². The van der Waals surface area contributed by atoms with Gasteiger partial charge in [-0.25, -0.2) is 0 Å². The molecule has 0 atom stereocenters. The van der Waals surface area contributed by atoms with Crippen molar-refractivity contribution in [1.29, 1.82) is 5.26 Å². The Bertz CT molecular complexity index is 521. The number of nitriles is 1. The summed E-state index contributed by atoms with van der Waals surface area (Å²) in [4.78, 5) is 11.3. The summed E-state index contributed by atoms with van der Waals surface area (Å²) in [6.07, 6.45) is 2.37. The molecule has 1 aromatic rings. The number of rotatable bonds is 1. The predicted octanol–water partition coefficient (Wildman–Crippen LogP) is 1.20. The molecule has 1 aliphatic heterocycles. The van der Waals surface area contributed by atoms with E-state index in [1.165, 1.54) is 0 Å². The van der Waals surface area contributed by atoms with Crippen molar-refractivity contribution in [2.45, 2.75) is 25.8 Å². The van der Waals surface area contributed by atoms with Gasteiger partial charge in [0.25, 0.3) is 5.91 Å². The van der Waals surface area contributed by atoms with Crippen LogP contribution in [0.15, 0.2) is 24.3 Å². The number of carbonyl (C=O) groups excluding carboxylic acids is 1. The molecule has 86 valence electrons. The van der Waals surface area contributed by atoms with E-state index in [9.17, 15) is 4.79 Å². The van der Waals surface area contributed by atoms with Crippen LogP contribution < -0.4 is 5.43 Å². The Morgan fingerprint density at radius 1 is 1.41 bits per heavy atom. The van der Waals surface area contributed by atoms with Crippen LogP contribution in [0.5, 0.6) is 0 Å². The molecule has 1 aliphatic rings. The molecule has 0 spiro atoms. The summed E-state index contributed by atoms with van der Waals surface area (Å²) >= 11 is 0. The van der Waals surface area contributed by atoms with Crippen LogP contribution in [0.1, 0.15) is 31.4 Å². The van der Waals surface area contributed by atoms with Crippen LogP contribution in [0.4, 0.5) is 0 Å². The fraction of sp³-hybridized carbons (Fsp3) is 0.308. The standard InChI is InChI=1S/C13H13N3O/c1-13(2)7-12(17)15-16(13)9-11-5-3-10(8-14)4-6-11/h3-6,9H,7H2,1-2H3/p+1/b16-9-. The number of hydrogen-bond donors (Lipinski definition) is 1. The molecule has 1 heterocycles. The Hall–Kier alpha value is -2.15. The third-order valence-electron chi connectivity index (χ3n) is 2.81. The largest absolute Gasteiger partial charge is 0.281 e. The Labute approximate surface area is 100 Å². The van der Waals surface area contributed by atoms with Crippen LogP contribution in [0.2, 0.25) is 0 Å². The van der Waals surface area contributed by atoms with Gasteiger partial charge in [0, 0.05) is 19.4 Å². The Morgan fingerprint density at radius 3 is 2.53 bits per heavy atom. The van der Waals surface area contributed by atoms with Crippen molar-refractivity contribution < 1.29 is 9.48 Å². The van der Waals surface area contributed by atoms with Gasteiger partial charge in [-0.3, -0.25) is 4.79 Å². The fourth-order valence-electron chi connectivity index (χ4n) is 1.80. The molecule has 0 saturated carbocycles. The van der Waals surface area contributed by atoms with Gasteiger partial charge in [0.05, 0.1) is 18.1 Å². The minimum absolute atomic E-state index is 0.0277. The lowest BCUT2D eigenvalue weighted by molar-refractivity contribution is -0.620. The minimum Gasteiger partial charge on any atom is -0.269 e.